The van der Waals surface area contributed by atoms with E-state index in [1.165, 1.54) is 0 Å². The first-order chi connectivity index (χ1) is 4.18. The summed E-state index contributed by atoms with van der Waals surface area (Å²) in [5, 5.41) is 8.39. The van der Waals surface area contributed by atoms with Gasteiger partial charge in [0.25, 0.3) is 0 Å². The van der Waals surface area contributed by atoms with E-state index in [9.17, 15) is 4.79 Å². The van der Waals surface area contributed by atoms with E-state index in [-0.39, 0.29) is 43.1 Å². The van der Waals surface area contributed by atoms with Gasteiger partial charge in [0, 0.05) is 0 Å². The molecule has 0 saturated heterocycles. The molecular formula is C6H12Li2O2S. The molecule has 0 aliphatic heterocycles. The molecule has 0 aromatic rings. The minimum atomic E-state index is -0.693. The molecule has 0 atom stereocenters. The molecule has 0 aromatic carbocycles. The summed E-state index contributed by atoms with van der Waals surface area (Å²) in [6.45, 7) is 0. The van der Waals surface area contributed by atoms with Crippen LogP contribution in [0.5, 0.6) is 0 Å². The first-order valence-electron chi connectivity index (χ1n) is 3.01. The van der Waals surface area contributed by atoms with Crippen LogP contribution in [0.4, 0.5) is 0 Å². The van der Waals surface area contributed by atoms with Gasteiger partial charge in [-0.25, -0.2) is 0 Å². The van der Waals surface area contributed by atoms with E-state index in [1.807, 2.05) is 0 Å². The van der Waals surface area contributed by atoms with Gasteiger partial charge >= 0.3 is 43.7 Å². The van der Waals surface area contributed by atoms with Crippen molar-refractivity contribution in [2.24, 2.45) is 5.41 Å². The first kappa shape index (κ1) is 14.5. The number of hydrogen-bond donors (Lipinski definition) is 2. The van der Waals surface area contributed by atoms with Crippen molar-refractivity contribution in [3.63, 3.8) is 0 Å². The fraction of sp³-hybridized carbons (Fsp3) is 0.833. The number of rotatable bonds is 3. The average molecular weight is 162 g/mol. The number of carboxylic acid groups (broad SMARTS) is 1. The number of aliphatic carboxylic acids is 1. The molecule has 0 amide bonds. The zero-order valence-electron chi connectivity index (χ0n) is 5.13. The number of carbonyl (C=O) groups is 1. The van der Waals surface area contributed by atoms with Crippen molar-refractivity contribution >= 4 is 56.3 Å². The van der Waals surface area contributed by atoms with Crippen LogP contribution in [0.15, 0.2) is 0 Å². The Hall–Kier alpha value is 1.01. The van der Waals surface area contributed by atoms with E-state index >= 15 is 0 Å². The predicted octanol–water partition coefficient (Wildman–Crippen LogP) is -0.126. The van der Waals surface area contributed by atoms with Gasteiger partial charge in [0.1, 0.15) is 0 Å². The van der Waals surface area contributed by atoms with Gasteiger partial charge in [-0.15, -0.1) is 0 Å². The minimum absolute atomic E-state index is 0. The molecule has 1 fully saturated rings. The van der Waals surface area contributed by atoms with Crippen molar-refractivity contribution < 1.29 is 9.90 Å². The molecule has 1 rings (SSSR count). The molecule has 11 heavy (non-hydrogen) atoms. The summed E-state index contributed by atoms with van der Waals surface area (Å²) in [4.78, 5) is 10.2. The third-order valence-corrected chi connectivity index (χ3v) is 2.49. The van der Waals surface area contributed by atoms with Gasteiger partial charge in [0.05, 0.1) is 6.42 Å². The molecule has 0 heterocycles. The van der Waals surface area contributed by atoms with Crippen LogP contribution < -0.4 is 0 Å². The Morgan fingerprint density at radius 3 is 2.00 bits per heavy atom. The predicted molar refractivity (Wildman–Crippen MR) is 52.1 cm³/mol. The molecule has 1 aliphatic rings. The first-order valence-corrected chi connectivity index (χ1v) is 3.64. The van der Waals surface area contributed by atoms with E-state index < -0.39 is 5.97 Å². The fourth-order valence-corrected chi connectivity index (χ4v) is 1.32. The van der Waals surface area contributed by atoms with Crippen molar-refractivity contribution in [3.05, 3.63) is 0 Å². The van der Waals surface area contributed by atoms with Crippen molar-refractivity contribution in [3.8, 4) is 0 Å². The van der Waals surface area contributed by atoms with Gasteiger partial charge in [0.15, 0.2) is 0 Å². The molecule has 1 saturated carbocycles. The van der Waals surface area contributed by atoms with Crippen molar-refractivity contribution in [1.29, 1.82) is 0 Å². The maximum absolute atomic E-state index is 10.2. The third-order valence-electron chi connectivity index (χ3n) is 1.82. The Labute approximate surface area is 96.3 Å². The Morgan fingerprint density at radius 1 is 1.45 bits per heavy atom. The molecule has 56 valence electrons. The summed E-state index contributed by atoms with van der Waals surface area (Å²) in [5.74, 6) is 0.0285. The van der Waals surface area contributed by atoms with Crippen LogP contribution in [0.1, 0.15) is 19.3 Å². The van der Waals surface area contributed by atoms with Gasteiger partial charge in [-0.05, 0) is 24.0 Å². The molecule has 5 heteroatoms. The zero-order valence-corrected chi connectivity index (χ0v) is 6.03. The standard InChI is InChI=1S/C6H10O2S.2Li.2H/c7-5(8)3-6(4-9)1-2-6;;;;/h9H,1-4H2,(H,7,8);;;;. The van der Waals surface area contributed by atoms with Crippen LogP contribution >= 0.6 is 12.6 Å². The average Bonchev–Trinajstić information content (AvgIpc) is 2.48. The second kappa shape index (κ2) is 5.62. The summed E-state index contributed by atoms with van der Waals surface area (Å²) in [6, 6.07) is 0. The van der Waals surface area contributed by atoms with Crippen LogP contribution in [-0.2, 0) is 4.79 Å². The summed E-state index contributed by atoms with van der Waals surface area (Å²) in [6.07, 6.45) is 2.39. The molecule has 0 aromatic heterocycles. The van der Waals surface area contributed by atoms with E-state index in [4.69, 9.17) is 5.11 Å². The molecule has 0 bridgehead atoms. The Bertz CT molecular complexity index is 137. The molecular weight excluding hydrogens is 150 g/mol. The number of carboxylic acids is 1. The fourth-order valence-electron chi connectivity index (χ4n) is 0.888. The monoisotopic (exact) mass is 162 g/mol. The van der Waals surface area contributed by atoms with E-state index in [1.54, 1.807) is 0 Å². The van der Waals surface area contributed by atoms with E-state index in [2.05, 4.69) is 12.6 Å². The molecule has 1 N–H and O–H groups in total. The van der Waals surface area contributed by atoms with Crippen molar-refractivity contribution in [2.45, 2.75) is 19.3 Å². The maximum atomic E-state index is 10.2. The van der Waals surface area contributed by atoms with Crippen LogP contribution in [-0.4, -0.2) is 54.5 Å². The van der Waals surface area contributed by atoms with Gasteiger partial charge < -0.3 is 5.11 Å². The Morgan fingerprint density at radius 2 is 1.91 bits per heavy atom. The molecule has 1 aliphatic carbocycles. The van der Waals surface area contributed by atoms with Crippen LogP contribution in [0.2, 0.25) is 0 Å². The summed E-state index contributed by atoms with van der Waals surface area (Å²) in [5.41, 5.74) is 0.0783. The van der Waals surface area contributed by atoms with Crippen molar-refractivity contribution in [1.82, 2.24) is 0 Å². The van der Waals surface area contributed by atoms with Gasteiger partial charge in [-0.3, -0.25) is 4.79 Å². The van der Waals surface area contributed by atoms with Gasteiger partial charge in [0.2, 0.25) is 0 Å². The van der Waals surface area contributed by atoms with Crippen LogP contribution in [0.25, 0.3) is 0 Å². The third kappa shape index (κ3) is 4.56. The topological polar surface area (TPSA) is 37.3 Å². The van der Waals surface area contributed by atoms with Crippen molar-refractivity contribution in [2.75, 3.05) is 5.75 Å². The molecule has 0 spiro atoms. The molecule has 0 unspecified atom stereocenters. The normalized spacial score (nSPS) is 17.5. The van der Waals surface area contributed by atoms with E-state index in [0.717, 1.165) is 18.6 Å². The molecule has 2 nitrogen and oxygen atoms in total. The Kier molecular flexibility index (Phi) is 7.43. The second-order valence-electron chi connectivity index (χ2n) is 2.73. The van der Waals surface area contributed by atoms with Gasteiger partial charge in [-0.2, -0.15) is 12.6 Å². The second-order valence-corrected chi connectivity index (χ2v) is 3.04. The number of thiol groups is 1. The molecule has 0 radical (unpaired) electrons. The van der Waals surface area contributed by atoms with Gasteiger partial charge in [-0.1, -0.05) is 0 Å². The Balaban J connectivity index is 0. The summed E-state index contributed by atoms with van der Waals surface area (Å²) < 4.78 is 0. The zero-order chi connectivity index (χ0) is 6.91. The van der Waals surface area contributed by atoms with E-state index in [0.29, 0.717) is 6.42 Å². The summed E-state index contributed by atoms with van der Waals surface area (Å²) in [7, 11) is 0. The SMILES string of the molecule is O=C(O)CC1(CS)CC1.[LiH].[LiH]. The summed E-state index contributed by atoms with van der Waals surface area (Å²) >= 11 is 4.07. The van der Waals surface area contributed by atoms with Crippen LogP contribution in [0.3, 0.4) is 0 Å². The quantitative estimate of drug-likeness (QED) is 0.448. The van der Waals surface area contributed by atoms with Crippen LogP contribution in [0, 0.1) is 5.41 Å². The number of hydrogen-bond acceptors (Lipinski definition) is 2.